The molecule has 4 aromatic rings. The highest BCUT2D eigenvalue weighted by Crippen LogP contribution is 2.27. The second-order valence-electron chi connectivity index (χ2n) is 8.41. The number of hydrogen-bond acceptors (Lipinski definition) is 4. The van der Waals surface area contributed by atoms with Gasteiger partial charge >= 0.3 is 0 Å². The Balaban J connectivity index is 1.40. The first-order valence-electron chi connectivity index (χ1n) is 11.2. The molecule has 180 valence electrons. The zero-order valence-corrected chi connectivity index (χ0v) is 20.1. The van der Waals surface area contributed by atoms with Crippen molar-refractivity contribution >= 4 is 34.3 Å². The minimum atomic E-state index is -0.895. The average Bonchev–Trinajstić information content (AvgIpc) is 3.23. The minimum Gasteiger partial charge on any atom is -0.489 e. The van der Waals surface area contributed by atoms with Crippen LogP contribution in [0, 0.1) is 0 Å². The summed E-state index contributed by atoms with van der Waals surface area (Å²) in [5, 5.41) is 4.06. The predicted molar refractivity (Wildman–Crippen MR) is 136 cm³/mol. The van der Waals surface area contributed by atoms with E-state index in [0.29, 0.717) is 28.0 Å². The van der Waals surface area contributed by atoms with Crippen molar-refractivity contribution in [2.45, 2.75) is 32.4 Å². The number of para-hydroxylation sites is 1. The molecule has 0 radical (unpaired) electrons. The highest BCUT2D eigenvalue weighted by molar-refractivity contribution is 6.32. The van der Waals surface area contributed by atoms with Gasteiger partial charge in [0.15, 0.2) is 5.88 Å². The van der Waals surface area contributed by atoms with Gasteiger partial charge in [-0.25, -0.2) is 0 Å². The van der Waals surface area contributed by atoms with E-state index in [9.17, 15) is 9.59 Å². The molecule has 0 unspecified atom stereocenters. The van der Waals surface area contributed by atoms with Crippen molar-refractivity contribution in [1.29, 1.82) is 0 Å². The number of aromatic amines is 1. The lowest BCUT2D eigenvalue weighted by Gasteiger charge is -2.17. The fraction of sp³-hybridized carbons (Fsp3) is 0.185. The van der Waals surface area contributed by atoms with Crippen LogP contribution >= 0.6 is 11.6 Å². The average molecular weight is 492 g/mol. The van der Waals surface area contributed by atoms with Crippen molar-refractivity contribution < 1.29 is 19.1 Å². The number of primary amides is 1. The number of nitrogens with one attached hydrogen (secondary N) is 2. The van der Waals surface area contributed by atoms with Crippen LogP contribution in [0.4, 0.5) is 0 Å². The number of rotatable bonds is 9. The van der Waals surface area contributed by atoms with Gasteiger partial charge in [0.2, 0.25) is 5.91 Å². The van der Waals surface area contributed by atoms with Crippen molar-refractivity contribution in [3.63, 3.8) is 0 Å². The Bertz CT molecular complexity index is 1320. The number of carbonyl (C=O) groups is 2. The topological polar surface area (TPSA) is 106 Å². The maximum atomic E-state index is 12.7. The number of H-pyrrole nitrogens is 1. The second kappa shape index (κ2) is 10.5. The van der Waals surface area contributed by atoms with Crippen LogP contribution in [0.15, 0.2) is 72.8 Å². The summed E-state index contributed by atoms with van der Waals surface area (Å²) in [6.45, 7) is 3.77. The Morgan fingerprint density at radius 1 is 1.03 bits per heavy atom. The molecule has 0 aliphatic heterocycles. The van der Waals surface area contributed by atoms with Crippen LogP contribution in [0.1, 0.15) is 29.8 Å². The number of ether oxygens (including phenoxy) is 2. The van der Waals surface area contributed by atoms with E-state index in [0.717, 1.165) is 16.5 Å². The van der Waals surface area contributed by atoms with Crippen LogP contribution in [-0.4, -0.2) is 28.9 Å². The molecule has 0 spiro atoms. The number of fused-ring (bicyclic) bond motifs is 1. The highest BCUT2D eigenvalue weighted by atomic mass is 35.5. The molecule has 35 heavy (non-hydrogen) atoms. The van der Waals surface area contributed by atoms with E-state index in [4.69, 9.17) is 26.8 Å². The number of halogens is 1. The smallest absolute Gasteiger partial charge is 0.251 e. The number of amides is 2. The van der Waals surface area contributed by atoms with Gasteiger partial charge in [-0.15, -0.1) is 0 Å². The van der Waals surface area contributed by atoms with Gasteiger partial charge < -0.3 is 25.5 Å². The Kier molecular flexibility index (Phi) is 7.27. The SMILES string of the molecule is CC(C)Oc1ccc(C(=O)N[C@@H](Cc2ccc(Oc3cc4ccccc4[nH]3)cc2)C(N)=O)cc1Cl. The fourth-order valence-corrected chi connectivity index (χ4v) is 3.84. The van der Waals surface area contributed by atoms with Crippen LogP contribution in [0.5, 0.6) is 17.4 Å². The summed E-state index contributed by atoms with van der Waals surface area (Å²) in [6.07, 6.45) is 0.182. The largest absolute Gasteiger partial charge is 0.489 e. The molecule has 4 rings (SSSR count). The van der Waals surface area contributed by atoms with Gasteiger partial charge in [-0.3, -0.25) is 9.59 Å². The van der Waals surface area contributed by atoms with Gasteiger partial charge in [-0.05, 0) is 55.8 Å². The molecule has 3 aromatic carbocycles. The molecule has 1 heterocycles. The van der Waals surface area contributed by atoms with Crippen LogP contribution in [0.25, 0.3) is 10.9 Å². The third-order valence-corrected chi connectivity index (χ3v) is 5.60. The summed E-state index contributed by atoms with van der Waals surface area (Å²) in [6, 6.07) is 20.9. The third kappa shape index (κ3) is 6.13. The predicted octanol–water partition coefficient (Wildman–Crippen LogP) is 5.23. The van der Waals surface area contributed by atoms with E-state index in [1.807, 2.05) is 56.3 Å². The molecular weight excluding hydrogens is 466 g/mol. The van der Waals surface area contributed by atoms with E-state index < -0.39 is 17.9 Å². The molecule has 1 atom stereocenters. The molecule has 0 bridgehead atoms. The summed E-state index contributed by atoms with van der Waals surface area (Å²) < 4.78 is 11.5. The van der Waals surface area contributed by atoms with E-state index in [1.165, 1.54) is 6.07 Å². The minimum absolute atomic E-state index is 0.0503. The summed E-state index contributed by atoms with van der Waals surface area (Å²) in [5.74, 6) is 0.663. The van der Waals surface area contributed by atoms with Crippen LogP contribution in [0.3, 0.4) is 0 Å². The van der Waals surface area contributed by atoms with E-state index >= 15 is 0 Å². The first-order valence-corrected chi connectivity index (χ1v) is 11.6. The van der Waals surface area contributed by atoms with E-state index in [1.54, 1.807) is 24.3 Å². The first-order chi connectivity index (χ1) is 16.8. The maximum absolute atomic E-state index is 12.7. The lowest BCUT2D eigenvalue weighted by molar-refractivity contribution is -0.119. The van der Waals surface area contributed by atoms with Crippen molar-refractivity contribution in [3.05, 3.63) is 88.9 Å². The van der Waals surface area contributed by atoms with Gasteiger partial charge in [0, 0.05) is 29.0 Å². The highest BCUT2D eigenvalue weighted by Gasteiger charge is 2.20. The zero-order chi connectivity index (χ0) is 24.9. The van der Waals surface area contributed by atoms with Gasteiger partial charge in [0.1, 0.15) is 17.5 Å². The number of benzene rings is 3. The van der Waals surface area contributed by atoms with E-state index in [2.05, 4.69) is 10.3 Å². The van der Waals surface area contributed by atoms with Crippen molar-refractivity contribution in [2.75, 3.05) is 0 Å². The van der Waals surface area contributed by atoms with Crippen LogP contribution in [0.2, 0.25) is 5.02 Å². The molecule has 8 heteroatoms. The third-order valence-electron chi connectivity index (χ3n) is 5.30. The normalized spacial score (nSPS) is 11.9. The Hall–Kier alpha value is -3.97. The molecular formula is C27H26ClN3O4. The summed E-state index contributed by atoms with van der Waals surface area (Å²) in [5.41, 5.74) is 7.67. The summed E-state index contributed by atoms with van der Waals surface area (Å²) in [4.78, 5) is 28.0. The number of nitrogens with two attached hydrogens (primary N) is 1. The van der Waals surface area contributed by atoms with Crippen LogP contribution in [-0.2, 0) is 11.2 Å². The zero-order valence-electron chi connectivity index (χ0n) is 19.4. The van der Waals surface area contributed by atoms with Gasteiger partial charge in [0.25, 0.3) is 5.91 Å². The Morgan fingerprint density at radius 2 is 1.77 bits per heavy atom. The molecule has 2 amide bonds. The molecule has 0 fully saturated rings. The summed E-state index contributed by atoms with van der Waals surface area (Å²) >= 11 is 6.23. The molecule has 0 saturated carbocycles. The molecule has 0 saturated heterocycles. The maximum Gasteiger partial charge on any atom is 0.251 e. The standard InChI is InChI=1S/C27H26ClN3O4/c1-16(2)34-24-12-9-19(14-21(24)28)27(33)31-23(26(29)32)13-17-7-10-20(11-8-17)35-25-15-18-5-3-4-6-22(18)30-25/h3-12,14-16,23,30H,13H2,1-2H3,(H2,29,32)(H,31,33)/t23-/m0/s1. The number of aromatic nitrogens is 1. The monoisotopic (exact) mass is 491 g/mol. The molecule has 4 N–H and O–H groups in total. The fourth-order valence-electron chi connectivity index (χ4n) is 3.61. The van der Waals surface area contributed by atoms with Gasteiger partial charge in [0.05, 0.1) is 11.1 Å². The molecule has 0 aliphatic rings. The van der Waals surface area contributed by atoms with Gasteiger partial charge in [-0.1, -0.05) is 41.9 Å². The molecule has 0 aliphatic carbocycles. The lowest BCUT2D eigenvalue weighted by Crippen LogP contribution is -2.45. The van der Waals surface area contributed by atoms with Crippen molar-refractivity contribution in [3.8, 4) is 17.4 Å². The Morgan fingerprint density at radius 3 is 2.43 bits per heavy atom. The quantitative estimate of drug-likeness (QED) is 0.298. The van der Waals surface area contributed by atoms with Crippen LogP contribution < -0.4 is 20.5 Å². The van der Waals surface area contributed by atoms with Crippen molar-refractivity contribution in [1.82, 2.24) is 10.3 Å². The number of carbonyl (C=O) groups excluding carboxylic acids is 2. The van der Waals surface area contributed by atoms with Gasteiger partial charge in [-0.2, -0.15) is 0 Å². The number of hydrogen-bond donors (Lipinski definition) is 3. The van der Waals surface area contributed by atoms with Crippen molar-refractivity contribution in [2.24, 2.45) is 5.73 Å². The first kappa shape index (κ1) is 24.2. The molecule has 1 aromatic heterocycles. The summed E-state index contributed by atoms with van der Waals surface area (Å²) in [7, 11) is 0. The Labute approximate surface area is 208 Å². The van der Waals surface area contributed by atoms with E-state index in [-0.39, 0.29) is 12.5 Å². The molecule has 7 nitrogen and oxygen atoms in total. The second-order valence-corrected chi connectivity index (χ2v) is 8.82. The lowest BCUT2D eigenvalue weighted by atomic mass is 10.0.